The predicted octanol–water partition coefficient (Wildman–Crippen LogP) is 1.26. The molecule has 6 heteroatoms. The molecule has 1 aromatic rings. The van der Waals surface area contributed by atoms with Crippen LogP contribution in [-0.2, 0) is 0 Å². The molecule has 1 aromatic heterocycles. The summed E-state index contributed by atoms with van der Waals surface area (Å²) in [6, 6.07) is 1.49. The van der Waals surface area contributed by atoms with E-state index in [4.69, 9.17) is 5.11 Å². The third kappa shape index (κ3) is 4.82. The Balaban J connectivity index is 2.97. The van der Waals surface area contributed by atoms with Gasteiger partial charge in [0.25, 0.3) is 0 Å². The maximum absolute atomic E-state index is 11.0. The van der Waals surface area contributed by atoms with Crippen LogP contribution in [0, 0.1) is 6.92 Å². The van der Waals surface area contributed by atoms with Crippen molar-refractivity contribution in [3.63, 3.8) is 0 Å². The van der Waals surface area contributed by atoms with Crippen molar-refractivity contribution in [1.82, 2.24) is 14.9 Å². The molecule has 0 aliphatic heterocycles. The van der Waals surface area contributed by atoms with Gasteiger partial charge in [-0.3, -0.25) is 0 Å². The average molecular weight is 266 g/mol. The Morgan fingerprint density at radius 1 is 1.26 bits per heavy atom. The molecule has 0 saturated heterocycles. The first kappa shape index (κ1) is 15.4. The minimum absolute atomic E-state index is 0.0495. The Morgan fingerprint density at radius 3 is 2.47 bits per heavy atom. The van der Waals surface area contributed by atoms with E-state index >= 15 is 0 Å². The SMILES string of the molecule is CCCN(CCN(C)C)c1nc(C)cc(C(=O)O)n1. The molecule has 0 atom stereocenters. The number of hydrogen-bond donors (Lipinski definition) is 1. The normalized spacial score (nSPS) is 10.8. The van der Waals surface area contributed by atoms with Crippen LogP contribution in [0.4, 0.5) is 5.95 Å². The molecule has 0 bridgehead atoms. The van der Waals surface area contributed by atoms with Gasteiger partial charge in [-0.15, -0.1) is 0 Å². The zero-order chi connectivity index (χ0) is 14.4. The second kappa shape index (κ2) is 7.04. The van der Waals surface area contributed by atoms with Gasteiger partial charge in [0.2, 0.25) is 5.95 Å². The summed E-state index contributed by atoms with van der Waals surface area (Å²) < 4.78 is 0. The third-order valence-electron chi connectivity index (χ3n) is 2.66. The number of hydrogen-bond acceptors (Lipinski definition) is 5. The largest absolute Gasteiger partial charge is 0.477 e. The van der Waals surface area contributed by atoms with E-state index in [2.05, 4.69) is 21.8 Å². The van der Waals surface area contributed by atoms with Gasteiger partial charge < -0.3 is 14.9 Å². The first-order valence-electron chi connectivity index (χ1n) is 6.42. The molecule has 0 radical (unpaired) electrons. The fourth-order valence-electron chi connectivity index (χ4n) is 1.71. The molecule has 0 aliphatic carbocycles. The van der Waals surface area contributed by atoms with E-state index in [9.17, 15) is 4.79 Å². The van der Waals surface area contributed by atoms with Gasteiger partial charge in [-0.2, -0.15) is 0 Å². The monoisotopic (exact) mass is 266 g/mol. The first-order valence-corrected chi connectivity index (χ1v) is 6.42. The summed E-state index contributed by atoms with van der Waals surface area (Å²) in [5.74, 6) is -0.517. The molecule has 106 valence electrons. The van der Waals surface area contributed by atoms with Crippen molar-refractivity contribution in [3.05, 3.63) is 17.5 Å². The van der Waals surface area contributed by atoms with Crippen molar-refractivity contribution >= 4 is 11.9 Å². The number of aromatic nitrogens is 2. The molecule has 0 amide bonds. The van der Waals surface area contributed by atoms with Crippen LogP contribution in [0.3, 0.4) is 0 Å². The highest BCUT2D eigenvalue weighted by Gasteiger charge is 2.14. The van der Waals surface area contributed by atoms with Gasteiger partial charge in [0.15, 0.2) is 5.69 Å². The first-order chi connectivity index (χ1) is 8.93. The number of likely N-dealkylation sites (N-methyl/N-ethyl adjacent to an activating group) is 1. The minimum Gasteiger partial charge on any atom is -0.477 e. The van der Waals surface area contributed by atoms with Crippen molar-refractivity contribution in [1.29, 1.82) is 0 Å². The number of aryl methyl sites for hydroxylation is 1. The Bertz CT molecular complexity index is 435. The summed E-state index contributed by atoms with van der Waals surface area (Å²) in [6.45, 7) is 6.34. The van der Waals surface area contributed by atoms with Crippen LogP contribution in [0.25, 0.3) is 0 Å². The van der Waals surface area contributed by atoms with Crippen molar-refractivity contribution in [3.8, 4) is 0 Å². The summed E-state index contributed by atoms with van der Waals surface area (Å²) in [5.41, 5.74) is 0.724. The molecule has 0 saturated carbocycles. The van der Waals surface area contributed by atoms with E-state index in [1.165, 1.54) is 6.07 Å². The lowest BCUT2D eigenvalue weighted by Crippen LogP contribution is -2.34. The molecule has 0 aromatic carbocycles. The lowest BCUT2D eigenvalue weighted by atomic mass is 10.3. The number of carbonyl (C=O) groups is 1. The Kier molecular flexibility index (Phi) is 5.69. The Hall–Kier alpha value is -1.69. The van der Waals surface area contributed by atoms with Crippen molar-refractivity contribution in [2.24, 2.45) is 0 Å². The maximum atomic E-state index is 11.0. The van der Waals surface area contributed by atoms with Crippen molar-refractivity contribution in [2.45, 2.75) is 20.3 Å². The summed E-state index contributed by atoms with van der Waals surface area (Å²) in [5, 5.41) is 9.05. The zero-order valence-corrected chi connectivity index (χ0v) is 12.1. The molecule has 1 rings (SSSR count). The van der Waals surface area contributed by atoms with Gasteiger partial charge in [-0.1, -0.05) is 6.92 Å². The smallest absolute Gasteiger partial charge is 0.354 e. The van der Waals surface area contributed by atoms with Crippen molar-refractivity contribution in [2.75, 3.05) is 38.6 Å². The highest BCUT2D eigenvalue weighted by atomic mass is 16.4. The highest BCUT2D eigenvalue weighted by Crippen LogP contribution is 2.11. The van der Waals surface area contributed by atoms with Gasteiger partial charge in [-0.05, 0) is 33.5 Å². The van der Waals surface area contributed by atoms with Crippen LogP contribution in [0.2, 0.25) is 0 Å². The topological polar surface area (TPSA) is 69.6 Å². The maximum Gasteiger partial charge on any atom is 0.354 e. The molecular weight excluding hydrogens is 244 g/mol. The van der Waals surface area contributed by atoms with Crippen LogP contribution < -0.4 is 4.90 Å². The minimum atomic E-state index is -1.02. The third-order valence-corrected chi connectivity index (χ3v) is 2.66. The van der Waals surface area contributed by atoms with Crippen molar-refractivity contribution < 1.29 is 9.90 Å². The number of aromatic carboxylic acids is 1. The van der Waals surface area contributed by atoms with E-state index in [0.717, 1.165) is 26.1 Å². The fourth-order valence-corrected chi connectivity index (χ4v) is 1.71. The lowest BCUT2D eigenvalue weighted by Gasteiger charge is -2.24. The van der Waals surface area contributed by atoms with Gasteiger partial charge in [0, 0.05) is 25.3 Å². The van der Waals surface area contributed by atoms with Gasteiger partial charge >= 0.3 is 5.97 Å². The lowest BCUT2D eigenvalue weighted by molar-refractivity contribution is 0.0690. The van der Waals surface area contributed by atoms with E-state index in [-0.39, 0.29) is 5.69 Å². The molecule has 1 N–H and O–H groups in total. The number of carboxylic acid groups (broad SMARTS) is 1. The van der Waals surface area contributed by atoms with E-state index in [0.29, 0.717) is 11.6 Å². The van der Waals surface area contributed by atoms with Gasteiger partial charge in [0.1, 0.15) is 0 Å². The van der Waals surface area contributed by atoms with E-state index < -0.39 is 5.97 Å². The molecule has 19 heavy (non-hydrogen) atoms. The number of carboxylic acids is 1. The standard InChI is InChI=1S/C13H22N4O2/c1-5-6-17(8-7-16(3)4)13-14-10(2)9-11(15-13)12(18)19/h9H,5-8H2,1-4H3,(H,18,19). The average Bonchev–Trinajstić information content (AvgIpc) is 2.33. The van der Waals surface area contributed by atoms with Crippen LogP contribution in [0.5, 0.6) is 0 Å². The molecular formula is C13H22N4O2. The number of rotatable bonds is 7. The fraction of sp³-hybridized carbons (Fsp3) is 0.615. The van der Waals surface area contributed by atoms with E-state index in [1.807, 2.05) is 19.0 Å². The van der Waals surface area contributed by atoms with Gasteiger partial charge in [-0.25, -0.2) is 14.8 Å². The molecule has 1 heterocycles. The molecule has 0 fully saturated rings. The Labute approximate surface area is 114 Å². The predicted molar refractivity (Wildman–Crippen MR) is 74.8 cm³/mol. The summed E-state index contributed by atoms with van der Waals surface area (Å²) in [6.07, 6.45) is 0.965. The second-order valence-electron chi connectivity index (χ2n) is 4.79. The Morgan fingerprint density at radius 2 is 1.95 bits per heavy atom. The quantitative estimate of drug-likeness (QED) is 0.801. The van der Waals surface area contributed by atoms with Crippen LogP contribution in [0.1, 0.15) is 29.5 Å². The number of nitrogens with zero attached hydrogens (tertiary/aromatic N) is 4. The zero-order valence-electron chi connectivity index (χ0n) is 12.1. The van der Waals surface area contributed by atoms with Crippen LogP contribution in [0.15, 0.2) is 6.07 Å². The summed E-state index contributed by atoms with van der Waals surface area (Å²) >= 11 is 0. The molecule has 0 spiro atoms. The summed E-state index contributed by atoms with van der Waals surface area (Å²) in [7, 11) is 4.01. The number of anilines is 1. The van der Waals surface area contributed by atoms with E-state index in [1.54, 1.807) is 6.92 Å². The molecule has 0 unspecified atom stereocenters. The second-order valence-corrected chi connectivity index (χ2v) is 4.79. The molecule has 0 aliphatic rings. The van der Waals surface area contributed by atoms with Gasteiger partial charge in [0.05, 0.1) is 0 Å². The molecule has 6 nitrogen and oxygen atoms in total. The summed E-state index contributed by atoms with van der Waals surface area (Å²) in [4.78, 5) is 23.6. The van der Waals surface area contributed by atoms with Crippen LogP contribution in [-0.4, -0.2) is 59.7 Å². The van der Waals surface area contributed by atoms with Crippen LogP contribution >= 0.6 is 0 Å². The highest BCUT2D eigenvalue weighted by molar-refractivity contribution is 5.85.